The molecule has 21 heavy (non-hydrogen) atoms. The molecule has 0 aliphatic heterocycles. The van der Waals surface area contributed by atoms with Gasteiger partial charge in [-0.15, -0.1) is 0 Å². The zero-order valence-electron chi connectivity index (χ0n) is 14.4. The maximum atomic E-state index is 3.76. The molecule has 0 amide bonds. The predicted molar refractivity (Wildman–Crippen MR) is 92.6 cm³/mol. The SMILES string of the molecule is CCCCc1ccc(C(NCC)C2CCCC2(C)C)cc1. The Balaban J connectivity index is 2.14. The molecular weight excluding hydrogens is 254 g/mol. The van der Waals surface area contributed by atoms with E-state index >= 15 is 0 Å². The Labute approximate surface area is 131 Å². The smallest absolute Gasteiger partial charge is 0.0353 e. The van der Waals surface area contributed by atoms with Gasteiger partial charge in [0.05, 0.1) is 0 Å². The largest absolute Gasteiger partial charge is 0.310 e. The number of hydrogen-bond acceptors (Lipinski definition) is 1. The third kappa shape index (κ3) is 4.10. The van der Waals surface area contributed by atoms with E-state index in [0.717, 1.165) is 12.5 Å². The molecule has 1 aromatic carbocycles. The van der Waals surface area contributed by atoms with E-state index < -0.39 is 0 Å². The second kappa shape index (κ2) is 7.45. The molecule has 2 unspecified atom stereocenters. The molecule has 0 radical (unpaired) electrons. The Bertz CT molecular complexity index is 418. The van der Waals surface area contributed by atoms with E-state index in [1.807, 2.05) is 0 Å². The molecule has 1 heteroatoms. The molecule has 1 nitrogen and oxygen atoms in total. The van der Waals surface area contributed by atoms with Crippen molar-refractivity contribution in [2.24, 2.45) is 11.3 Å². The van der Waals surface area contributed by atoms with Crippen molar-refractivity contribution in [2.75, 3.05) is 6.54 Å². The lowest BCUT2D eigenvalue weighted by Gasteiger charge is -2.35. The maximum absolute atomic E-state index is 3.76. The van der Waals surface area contributed by atoms with Gasteiger partial charge in [0.1, 0.15) is 0 Å². The van der Waals surface area contributed by atoms with Crippen LogP contribution in [0.4, 0.5) is 0 Å². The normalized spacial score (nSPS) is 22.4. The fourth-order valence-electron chi connectivity index (χ4n) is 3.96. The van der Waals surface area contributed by atoms with E-state index in [4.69, 9.17) is 0 Å². The van der Waals surface area contributed by atoms with Gasteiger partial charge >= 0.3 is 0 Å². The molecule has 0 aromatic heterocycles. The summed E-state index contributed by atoms with van der Waals surface area (Å²) in [6, 6.07) is 9.95. The Hall–Kier alpha value is -0.820. The van der Waals surface area contributed by atoms with Gasteiger partial charge in [0.15, 0.2) is 0 Å². The Morgan fingerprint density at radius 3 is 2.43 bits per heavy atom. The van der Waals surface area contributed by atoms with Gasteiger partial charge in [-0.1, -0.05) is 64.8 Å². The van der Waals surface area contributed by atoms with Crippen LogP contribution in [0.3, 0.4) is 0 Å². The molecule has 118 valence electrons. The first-order valence-electron chi connectivity index (χ1n) is 8.90. The van der Waals surface area contributed by atoms with Crippen LogP contribution in [0, 0.1) is 11.3 Å². The summed E-state index contributed by atoms with van der Waals surface area (Å²) in [5.41, 5.74) is 3.44. The van der Waals surface area contributed by atoms with Gasteiger partial charge in [0.25, 0.3) is 0 Å². The quantitative estimate of drug-likeness (QED) is 0.697. The van der Waals surface area contributed by atoms with Crippen LogP contribution in [0.25, 0.3) is 0 Å². The molecule has 1 saturated carbocycles. The van der Waals surface area contributed by atoms with E-state index in [2.05, 4.69) is 57.3 Å². The van der Waals surface area contributed by atoms with E-state index in [1.54, 1.807) is 0 Å². The molecule has 2 atom stereocenters. The van der Waals surface area contributed by atoms with Crippen molar-refractivity contribution in [3.8, 4) is 0 Å². The van der Waals surface area contributed by atoms with Gasteiger partial charge in [0.2, 0.25) is 0 Å². The number of hydrogen-bond donors (Lipinski definition) is 1. The fraction of sp³-hybridized carbons (Fsp3) is 0.700. The van der Waals surface area contributed by atoms with Crippen molar-refractivity contribution in [2.45, 2.75) is 72.3 Å². The summed E-state index contributed by atoms with van der Waals surface area (Å²) in [5, 5.41) is 3.76. The highest BCUT2D eigenvalue weighted by atomic mass is 14.9. The number of nitrogens with one attached hydrogen (secondary N) is 1. The lowest BCUT2D eigenvalue weighted by Crippen LogP contribution is -2.33. The van der Waals surface area contributed by atoms with Crippen molar-refractivity contribution < 1.29 is 0 Å². The van der Waals surface area contributed by atoms with Gasteiger partial charge in [-0.2, -0.15) is 0 Å². The van der Waals surface area contributed by atoms with Crippen LogP contribution in [-0.2, 0) is 6.42 Å². The van der Waals surface area contributed by atoms with Gasteiger partial charge in [-0.05, 0) is 54.7 Å². The van der Waals surface area contributed by atoms with Gasteiger partial charge in [0, 0.05) is 6.04 Å². The van der Waals surface area contributed by atoms with Crippen LogP contribution in [-0.4, -0.2) is 6.54 Å². The van der Waals surface area contributed by atoms with Gasteiger partial charge in [-0.3, -0.25) is 0 Å². The third-order valence-corrected chi connectivity index (χ3v) is 5.32. The standard InChI is InChI=1S/C20H33N/c1-5-7-9-16-11-13-17(14-12-16)19(21-6-2)18-10-8-15-20(18,3)4/h11-14,18-19,21H,5-10,15H2,1-4H3. The summed E-state index contributed by atoms with van der Waals surface area (Å²) in [5.74, 6) is 0.763. The monoisotopic (exact) mass is 287 g/mol. The first-order chi connectivity index (χ1) is 10.1. The van der Waals surface area contributed by atoms with Crippen molar-refractivity contribution >= 4 is 0 Å². The molecule has 2 rings (SSSR count). The molecule has 1 aromatic rings. The van der Waals surface area contributed by atoms with Crippen molar-refractivity contribution in [1.29, 1.82) is 0 Å². The number of benzene rings is 1. The van der Waals surface area contributed by atoms with Crippen molar-refractivity contribution in [3.63, 3.8) is 0 Å². The summed E-state index contributed by atoms with van der Waals surface area (Å²) in [6.07, 6.45) is 7.91. The van der Waals surface area contributed by atoms with Crippen LogP contribution in [0.1, 0.15) is 77.0 Å². The van der Waals surface area contributed by atoms with Crippen molar-refractivity contribution in [1.82, 2.24) is 5.32 Å². The van der Waals surface area contributed by atoms with Gasteiger partial charge < -0.3 is 5.32 Å². The Morgan fingerprint density at radius 2 is 1.90 bits per heavy atom. The molecule has 0 saturated heterocycles. The predicted octanol–water partition coefficient (Wildman–Crippen LogP) is 5.51. The molecule has 1 N–H and O–H groups in total. The first kappa shape index (κ1) is 16.5. The molecule has 1 aliphatic carbocycles. The third-order valence-electron chi connectivity index (χ3n) is 5.32. The average Bonchev–Trinajstić information content (AvgIpc) is 2.82. The summed E-state index contributed by atoms with van der Waals surface area (Å²) in [6.45, 7) is 10.4. The molecule has 0 heterocycles. The molecule has 1 aliphatic rings. The Morgan fingerprint density at radius 1 is 1.19 bits per heavy atom. The molecule has 1 fully saturated rings. The topological polar surface area (TPSA) is 12.0 Å². The van der Waals surface area contributed by atoms with Crippen LogP contribution in [0.15, 0.2) is 24.3 Å². The minimum absolute atomic E-state index is 0.466. The minimum Gasteiger partial charge on any atom is -0.310 e. The summed E-state index contributed by atoms with van der Waals surface area (Å²) in [4.78, 5) is 0. The summed E-state index contributed by atoms with van der Waals surface area (Å²) >= 11 is 0. The lowest BCUT2D eigenvalue weighted by molar-refractivity contribution is 0.199. The highest BCUT2D eigenvalue weighted by molar-refractivity contribution is 5.26. The fourth-order valence-corrected chi connectivity index (χ4v) is 3.96. The van der Waals surface area contributed by atoms with Crippen LogP contribution >= 0.6 is 0 Å². The first-order valence-corrected chi connectivity index (χ1v) is 8.90. The number of aryl methyl sites for hydroxylation is 1. The summed E-state index contributed by atoms with van der Waals surface area (Å²) < 4.78 is 0. The van der Waals surface area contributed by atoms with Gasteiger partial charge in [-0.25, -0.2) is 0 Å². The second-order valence-corrected chi connectivity index (χ2v) is 7.37. The van der Waals surface area contributed by atoms with Crippen LogP contribution in [0.5, 0.6) is 0 Å². The molecule has 0 spiro atoms. The van der Waals surface area contributed by atoms with Crippen LogP contribution in [0.2, 0.25) is 0 Å². The van der Waals surface area contributed by atoms with E-state index in [0.29, 0.717) is 11.5 Å². The average molecular weight is 287 g/mol. The number of rotatable bonds is 7. The zero-order valence-corrected chi connectivity index (χ0v) is 14.4. The Kier molecular flexibility index (Phi) is 5.87. The van der Waals surface area contributed by atoms with Crippen molar-refractivity contribution in [3.05, 3.63) is 35.4 Å². The van der Waals surface area contributed by atoms with E-state index in [1.165, 1.54) is 49.7 Å². The lowest BCUT2D eigenvalue weighted by atomic mass is 9.75. The highest BCUT2D eigenvalue weighted by Gasteiger charge is 2.39. The number of unbranched alkanes of at least 4 members (excludes halogenated alkanes) is 1. The minimum atomic E-state index is 0.466. The van der Waals surface area contributed by atoms with E-state index in [9.17, 15) is 0 Å². The van der Waals surface area contributed by atoms with E-state index in [-0.39, 0.29) is 0 Å². The second-order valence-electron chi connectivity index (χ2n) is 7.37. The molecule has 0 bridgehead atoms. The maximum Gasteiger partial charge on any atom is 0.0353 e. The van der Waals surface area contributed by atoms with Crippen LogP contribution < -0.4 is 5.32 Å². The zero-order chi connectivity index (χ0) is 15.3. The molecular formula is C20H33N. The highest BCUT2D eigenvalue weighted by Crippen LogP contribution is 2.48. The summed E-state index contributed by atoms with van der Waals surface area (Å²) in [7, 11) is 0.